The van der Waals surface area contributed by atoms with Gasteiger partial charge in [0, 0.05) is 12.1 Å². The number of nitrogens with zero attached hydrogens (tertiary/aromatic N) is 1. The second-order valence-electron chi connectivity index (χ2n) is 5.77. The second kappa shape index (κ2) is 7.57. The van der Waals surface area contributed by atoms with Crippen molar-refractivity contribution in [3.05, 3.63) is 0 Å². The Morgan fingerprint density at radius 3 is 2.63 bits per heavy atom. The van der Waals surface area contributed by atoms with E-state index in [-0.39, 0.29) is 12.1 Å². The molecule has 0 aromatic rings. The van der Waals surface area contributed by atoms with Gasteiger partial charge in [-0.1, -0.05) is 6.42 Å². The van der Waals surface area contributed by atoms with E-state index >= 15 is 0 Å². The lowest BCUT2D eigenvalue weighted by Crippen LogP contribution is -2.43. The van der Waals surface area contributed by atoms with Crippen LogP contribution in [0.15, 0.2) is 0 Å². The Kier molecular flexibility index (Phi) is 6.73. The molecule has 6 heteroatoms. The lowest BCUT2D eigenvalue weighted by atomic mass is 9.96. The summed E-state index contributed by atoms with van der Waals surface area (Å²) in [6.07, 6.45) is 3.79. The van der Waals surface area contributed by atoms with E-state index in [2.05, 4.69) is 10.2 Å². The highest BCUT2D eigenvalue weighted by Crippen LogP contribution is 2.13. The Balaban J connectivity index is 2.23. The molecule has 0 saturated carbocycles. The monoisotopic (exact) mass is 292 g/mol. The predicted octanol–water partition coefficient (Wildman–Crippen LogP) is 0.248. The zero-order chi connectivity index (χ0) is 14.4. The zero-order valence-electron chi connectivity index (χ0n) is 12.2. The van der Waals surface area contributed by atoms with E-state index in [1.807, 2.05) is 14.0 Å². The number of aliphatic hydroxyl groups excluding tert-OH is 1. The maximum absolute atomic E-state index is 11.5. The molecule has 0 bridgehead atoms. The minimum Gasteiger partial charge on any atom is -0.394 e. The molecule has 1 unspecified atom stereocenters. The van der Waals surface area contributed by atoms with Gasteiger partial charge in [0.1, 0.15) is 0 Å². The first-order valence-electron chi connectivity index (χ1n) is 7.13. The fourth-order valence-corrected chi connectivity index (χ4v) is 3.66. The zero-order valence-corrected chi connectivity index (χ0v) is 13.0. The molecule has 0 aromatic heterocycles. The minimum absolute atomic E-state index is 0.144. The summed E-state index contributed by atoms with van der Waals surface area (Å²) < 4.78 is 23.0. The van der Waals surface area contributed by atoms with E-state index in [4.69, 9.17) is 0 Å². The standard InChI is InChI=1S/C13H28N2O3S/c1-13(12-16,14-2)6-3-4-7-15-8-5-10-19(17,18)11-9-15/h14,16H,3-12H2,1-2H3. The predicted molar refractivity (Wildman–Crippen MR) is 78.1 cm³/mol. The number of rotatable bonds is 7. The summed E-state index contributed by atoms with van der Waals surface area (Å²) >= 11 is 0. The summed E-state index contributed by atoms with van der Waals surface area (Å²) in [5.41, 5.74) is -0.192. The molecular formula is C13H28N2O3S. The van der Waals surface area contributed by atoms with Crippen molar-refractivity contribution in [3.63, 3.8) is 0 Å². The SMILES string of the molecule is CNC(C)(CO)CCCCN1CCCS(=O)(=O)CC1. The van der Waals surface area contributed by atoms with Crippen LogP contribution in [0.5, 0.6) is 0 Å². The molecule has 0 spiro atoms. The van der Waals surface area contributed by atoms with E-state index in [0.717, 1.165) is 38.8 Å². The van der Waals surface area contributed by atoms with Crippen LogP contribution in [0.25, 0.3) is 0 Å². The molecule has 1 heterocycles. The normalized spacial score (nSPS) is 23.7. The smallest absolute Gasteiger partial charge is 0.151 e. The van der Waals surface area contributed by atoms with Gasteiger partial charge in [-0.2, -0.15) is 0 Å². The quantitative estimate of drug-likeness (QED) is 0.658. The molecule has 1 aliphatic heterocycles. The molecule has 1 saturated heterocycles. The van der Waals surface area contributed by atoms with Crippen molar-refractivity contribution in [2.75, 3.05) is 44.8 Å². The van der Waals surface area contributed by atoms with Gasteiger partial charge in [-0.05, 0) is 46.3 Å². The van der Waals surface area contributed by atoms with E-state index in [1.54, 1.807) is 0 Å². The number of nitrogens with one attached hydrogen (secondary N) is 1. The van der Waals surface area contributed by atoms with Crippen molar-refractivity contribution in [2.45, 2.75) is 38.1 Å². The Labute approximate surface area is 117 Å². The van der Waals surface area contributed by atoms with Gasteiger partial charge in [-0.3, -0.25) is 0 Å². The van der Waals surface area contributed by atoms with Crippen molar-refractivity contribution in [2.24, 2.45) is 0 Å². The van der Waals surface area contributed by atoms with Gasteiger partial charge < -0.3 is 15.3 Å². The Morgan fingerprint density at radius 1 is 1.26 bits per heavy atom. The summed E-state index contributed by atoms with van der Waals surface area (Å²) in [6, 6.07) is 0. The molecule has 1 rings (SSSR count). The molecule has 0 aromatic carbocycles. The summed E-state index contributed by atoms with van der Waals surface area (Å²) in [5, 5.41) is 12.4. The Bertz CT molecular complexity index is 353. The van der Waals surface area contributed by atoms with Crippen molar-refractivity contribution < 1.29 is 13.5 Å². The van der Waals surface area contributed by atoms with Crippen molar-refractivity contribution in [1.82, 2.24) is 10.2 Å². The number of hydrogen-bond donors (Lipinski definition) is 2. The maximum Gasteiger partial charge on any atom is 0.151 e. The van der Waals surface area contributed by atoms with Gasteiger partial charge >= 0.3 is 0 Å². The van der Waals surface area contributed by atoms with Crippen molar-refractivity contribution in [3.8, 4) is 0 Å². The molecule has 1 fully saturated rings. The summed E-state index contributed by atoms with van der Waals surface area (Å²) in [6.45, 7) is 4.69. The number of likely N-dealkylation sites (N-methyl/N-ethyl adjacent to an activating group) is 1. The van der Waals surface area contributed by atoms with Crippen LogP contribution in [0.1, 0.15) is 32.6 Å². The topological polar surface area (TPSA) is 69.6 Å². The first-order valence-corrected chi connectivity index (χ1v) is 8.95. The molecule has 1 atom stereocenters. The molecule has 114 valence electrons. The van der Waals surface area contributed by atoms with Gasteiger partial charge in [0.05, 0.1) is 18.1 Å². The lowest BCUT2D eigenvalue weighted by molar-refractivity contribution is 0.168. The molecular weight excluding hydrogens is 264 g/mol. The van der Waals surface area contributed by atoms with Gasteiger partial charge in [0.25, 0.3) is 0 Å². The average Bonchev–Trinajstić information content (AvgIpc) is 2.56. The van der Waals surface area contributed by atoms with Crippen LogP contribution in [-0.4, -0.2) is 68.8 Å². The first-order chi connectivity index (χ1) is 8.91. The second-order valence-corrected chi connectivity index (χ2v) is 8.08. The highest BCUT2D eigenvalue weighted by atomic mass is 32.2. The molecule has 0 aliphatic carbocycles. The fourth-order valence-electron chi connectivity index (χ4n) is 2.35. The summed E-state index contributed by atoms with van der Waals surface area (Å²) in [5.74, 6) is 0.643. The van der Waals surface area contributed by atoms with Gasteiger partial charge in [0.15, 0.2) is 9.84 Å². The lowest BCUT2D eigenvalue weighted by Gasteiger charge is -2.27. The number of aliphatic hydroxyl groups is 1. The number of sulfone groups is 1. The Morgan fingerprint density at radius 2 is 2.00 bits per heavy atom. The number of hydrogen-bond acceptors (Lipinski definition) is 5. The van der Waals surface area contributed by atoms with Crippen LogP contribution in [0.4, 0.5) is 0 Å². The molecule has 0 amide bonds. The van der Waals surface area contributed by atoms with E-state index in [0.29, 0.717) is 18.1 Å². The highest BCUT2D eigenvalue weighted by Gasteiger charge is 2.21. The van der Waals surface area contributed by atoms with Crippen molar-refractivity contribution in [1.29, 1.82) is 0 Å². The van der Waals surface area contributed by atoms with Crippen LogP contribution in [0, 0.1) is 0 Å². The van der Waals surface area contributed by atoms with Gasteiger partial charge in [0.2, 0.25) is 0 Å². The van der Waals surface area contributed by atoms with E-state index in [9.17, 15) is 13.5 Å². The summed E-state index contributed by atoms with van der Waals surface area (Å²) in [4.78, 5) is 2.25. The van der Waals surface area contributed by atoms with Crippen LogP contribution >= 0.6 is 0 Å². The molecule has 19 heavy (non-hydrogen) atoms. The number of unbranched alkanes of at least 4 members (excludes halogenated alkanes) is 1. The fraction of sp³-hybridized carbons (Fsp3) is 1.00. The van der Waals surface area contributed by atoms with Crippen LogP contribution in [0.2, 0.25) is 0 Å². The largest absolute Gasteiger partial charge is 0.394 e. The minimum atomic E-state index is -2.80. The maximum atomic E-state index is 11.5. The highest BCUT2D eigenvalue weighted by molar-refractivity contribution is 7.91. The first kappa shape index (κ1) is 16.9. The molecule has 0 radical (unpaired) electrons. The molecule has 2 N–H and O–H groups in total. The van der Waals surface area contributed by atoms with Crippen molar-refractivity contribution >= 4 is 9.84 Å². The van der Waals surface area contributed by atoms with E-state index < -0.39 is 9.84 Å². The third-order valence-corrected chi connectivity index (χ3v) is 5.77. The van der Waals surface area contributed by atoms with Crippen LogP contribution in [0.3, 0.4) is 0 Å². The van der Waals surface area contributed by atoms with Crippen LogP contribution < -0.4 is 5.32 Å². The Hall–Kier alpha value is -0.170. The third-order valence-electron chi connectivity index (χ3n) is 4.05. The van der Waals surface area contributed by atoms with Gasteiger partial charge in [-0.15, -0.1) is 0 Å². The van der Waals surface area contributed by atoms with Crippen LogP contribution in [-0.2, 0) is 9.84 Å². The third kappa shape index (κ3) is 6.21. The van der Waals surface area contributed by atoms with E-state index in [1.165, 1.54) is 0 Å². The van der Waals surface area contributed by atoms with Gasteiger partial charge in [-0.25, -0.2) is 8.42 Å². The average molecular weight is 292 g/mol. The summed E-state index contributed by atoms with van der Waals surface area (Å²) in [7, 11) is -0.928. The molecule has 5 nitrogen and oxygen atoms in total. The molecule has 1 aliphatic rings.